The monoisotopic (exact) mass is 302 g/mol. The van der Waals surface area contributed by atoms with Crippen molar-refractivity contribution in [2.75, 3.05) is 0 Å². The Balaban J connectivity index is 2.13. The van der Waals surface area contributed by atoms with Crippen LogP contribution >= 0.6 is 12.2 Å². The highest BCUT2D eigenvalue weighted by Crippen LogP contribution is 2.22. The van der Waals surface area contributed by atoms with Crippen LogP contribution in [0.2, 0.25) is 0 Å². The maximum Gasteiger partial charge on any atom is 0.573 e. The molecule has 0 radical (unpaired) electrons. The molecule has 20 heavy (non-hydrogen) atoms. The Labute approximate surface area is 116 Å². The molecule has 0 unspecified atom stereocenters. The van der Waals surface area contributed by atoms with Gasteiger partial charge in [0.25, 0.3) is 0 Å². The van der Waals surface area contributed by atoms with Crippen molar-refractivity contribution in [2.24, 2.45) is 5.10 Å². The van der Waals surface area contributed by atoms with Crippen molar-refractivity contribution in [1.29, 1.82) is 0 Å². The number of hydrogen-bond acceptors (Lipinski definition) is 4. The van der Waals surface area contributed by atoms with Crippen molar-refractivity contribution in [3.63, 3.8) is 0 Å². The average molecular weight is 302 g/mol. The van der Waals surface area contributed by atoms with Gasteiger partial charge in [-0.15, -0.1) is 13.2 Å². The topological polar surface area (TPSA) is 55.2 Å². The fourth-order valence-electron chi connectivity index (χ4n) is 1.39. The minimum atomic E-state index is -4.70. The van der Waals surface area contributed by atoms with Crippen LogP contribution in [-0.4, -0.2) is 27.5 Å². The standard InChI is InChI=1S/C11H9F3N4OS/c1-7-16-17-10(20)18(7)15-6-8-2-4-9(5-3-8)19-11(12,13)14/h2-6H,1H3,(H,17,20). The fourth-order valence-corrected chi connectivity index (χ4v) is 1.61. The summed E-state index contributed by atoms with van der Waals surface area (Å²) in [4.78, 5) is 0. The SMILES string of the molecule is Cc1n[nH]c(=S)n1N=Cc1ccc(OC(F)(F)F)cc1. The van der Waals surface area contributed by atoms with Gasteiger partial charge in [-0.3, -0.25) is 5.10 Å². The van der Waals surface area contributed by atoms with Gasteiger partial charge in [-0.25, -0.2) is 0 Å². The van der Waals surface area contributed by atoms with Gasteiger partial charge in [-0.2, -0.15) is 14.9 Å². The van der Waals surface area contributed by atoms with Crippen LogP contribution in [0.1, 0.15) is 11.4 Å². The number of nitrogens with zero attached hydrogens (tertiary/aromatic N) is 3. The molecule has 0 saturated heterocycles. The van der Waals surface area contributed by atoms with Crippen LogP contribution in [0.25, 0.3) is 0 Å². The molecule has 1 heterocycles. The Morgan fingerprint density at radius 2 is 2.00 bits per heavy atom. The van der Waals surface area contributed by atoms with E-state index in [0.29, 0.717) is 16.2 Å². The minimum absolute atomic E-state index is 0.286. The Kier molecular flexibility index (Phi) is 3.89. The van der Waals surface area contributed by atoms with E-state index in [0.717, 1.165) is 0 Å². The molecule has 0 atom stereocenters. The second-order valence-electron chi connectivity index (χ2n) is 3.75. The van der Waals surface area contributed by atoms with Crippen LogP contribution in [0.4, 0.5) is 13.2 Å². The molecule has 0 spiro atoms. The molecular weight excluding hydrogens is 293 g/mol. The summed E-state index contributed by atoms with van der Waals surface area (Å²) in [7, 11) is 0. The number of aromatic amines is 1. The number of benzene rings is 1. The van der Waals surface area contributed by atoms with Crippen LogP contribution in [0.3, 0.4) is 0 Å². The van der Waals surface area contributed by atoms with E-state index in [4.69, 9.17) is 12.2 Å². The Morgan fingerprint density at radius 1 is 1.35 bits per heavy atom. The third-order valence-electron chi connectivity index (χ3n) is 2.25. The summed E-state index contributed by atoms with van der Waals surface area (Å²) >= 11 is 4.95. The van der Waals surface area contributed by atoms with Crippen molar-refractivity contribution < 1.29 is 17.9 Å². The molecule has 0 bridgehead atoms. The zero-order valence-corrected chi connectivity index (χ0v) is 11.0. The van der Waals surface area contributed by atoms with E-state index < -0.39 is 6.36 Å². The predicted molar refractivity (Wildman–Crippen MR) is 68.3 cm³/mol. The van der Waals surface area contributed by atoms with Gasteiger partial charge in [0.15, 0.2) is 0 Å². The van der Waals surface area contributed by atoms with Crippen molar-refractivity contribution >= 4 is 18.4 Å². The molecule has 0 aliphatic carbocycles. The molecule has 0 aliphatic heterocycles. The fraction of sp³-hybridized carbons (Fsp3) is 0.182. The molecule has 0 fully saturated rings. The van der Waals surface area contributed by atoms with E-state index in [1.54, 1.807) is 6.92 Å². The number of hydrogen-bond donors (Lipinski definition) is 1. The first-order valence-electron chi connectivity index (χ1n) is 5.39. The van der Waals surface area contributed by atoms with Gasteiger partial charge in [0.1, 0.15) is 11.6 Å². The lowest BCUT2D eigenvalue weighted by Gasteiger charge is -2.08. The summed E-state index contributed by atoms with van der Waals surface area (Å²) in [6, 6.07) is 5.31. The number of H-pyrrole nitrogens is 1. The number of nitrogens with one attached hydrogen (secondary N) is 1. The van der Waals surface area contributed by atoms with E-state index in [1.807, 2.05) is 0 Å². The smallest absolute Gasteiger partial charge is 0.406 e. The van der Waals surface area contributed by atoms with Gasteiger partial charge in [-0.1, -0.05) is 0 Å². The Morgan fingerprint density at radius 3 is 2.50 bits per heavy atom. The highest BCUT2D eigenvalue weighted by Gasteiger charge is 2.30. The van der Waals surface area contributed by atoms with Crippen molar-refractivity contribution in [2.45, 2.75) is 13.3 Å². The summed E-state index contributed by atoms with van der Waals surface area (Å²) in [5, 5.41) is 10.5. The van der Waals surface area contributed by atoms with Gasteiger partial charge >= 0.3 is 6.36 Å². The van der Waals surface area contributed by atoms with Gasteiger partial charge in [0, 0.05) is 0 Å². The number of alkyl halides is 3. The van der Waals surface area contributed by atoms with Crippen molar-refractivity contribution in [1.82, 2.24) is 14.9 Å². The van der Waals surface area contributed by atoms with Gasteiger partial charge in [0.05, 0.1) is 6.21 Å². The molecule has 1 aromatic carbocycles. The summed E-state index contributed by atoms with van der Waals surface area (Å²) in [5.41, 5.74) is 0.599. The number of halogens is 3. The summed E-state index contributed by atoms with van der Waals surface area (Å²) in [6.07, 6.45) is -3.24. The quantitative estimate of drug-likeness (QED) is 0.700. The molecule has 1 N–H and O–H groups in total. The maximum atomic E-state index is 12.0. The molecule has 1 aromatic heterocycles. The lowest BCUT2D eigenvalue weighted by atomic mass is 10.2. The molecule has 2 aromatic rings. The molecular formula is C11H9F3N4OS. The largest absolute Gasteiger partial charge is 0.573 e. The predicted octanol–water partition coefficient (Wildman–Crippen LogP) is 3.03. The van der Waals surface area contributed by atoms with E-state index in [1.165, 1.54) is 35.2 Å². The van der Waals surface area contributed by atoms with Crippen LogP contribution in [-0.2, 0) is 0 Å². The number of aryl methyl sites for hydroxylation is 1. The van der Waals surface area contributed by atoms with Gasteiger partial charge in [-0.05, 0) is 49.0 Å². The van der Waals surface area contributed by atoms with E-state index in [2.05, 4.69) is 20.0 Å². The Bertz CT molecular complexity index is 672. The molecule has 0 saturated carbocycles. The summed E-state index contributed by atoms with van der Waals surface area (Å²) in [6.45, 7) is 1.71. The molecule has 0 aliphatic rings. The minimum Gasteiger partial charge on any atom is -0.406 e. The van der Waals surface area contributed by atoms with Crippen LogP contribution in [0.15, 0.2) is 29.4 Å². The normalized spacial score (nSPS) is 12.0. The molecule has 0 amide bonds. The van der Waals surface area contributed by atoms with Crippen LogP contribution in [0, 0.1) is 11.7 Å². The second-order valence-corrected chi connectivity index (χ2v) is 4.14. The molecule has 106 valence electrons. The highest BCUT2D eigenvalue weighted by atomic mass is 32.1. The zero-order valence-electron chi connectivity index (χ0n) is 10.2. The van der Waals surface area contributed by atoms with Crippen LogP contribution in [0.5, 0.6) is 5.75 Å². The maximum absolute atomic E-state index is 12.0. The zero-order chi connectivity index (χ0) is 14.8. The first kappa shape index (κ1) is 14.3. The number of aromatic nitrogens is 3. The molecule has 9 heteroatoms. The van der Waals surface area contributed by atoms with E-state index >= 15 is 0 Å². The Hall–Kier alpha value is -2.16. The number of ether oxygens (including phenoxy) is 1. The molecule has 5 nitrogen and oxygen atoms in total. The molecule has 2 rings (SSSR count). The average Bonchev–Trinajstić information content (AvgIpc) is 2.67. The summed E-state index contributed by atoms with van der Waals surface area (Å²) in [5.74, 6) is 0.286. The lowest BCUT2D eigenvalue weighted by molar-refractivity contribution is -0.274. The van der Waals surface area contributed by atoms with Crippen molar-refractivity contribution in [3.8, 4) is 5.75 Å². The first-order chi connectivity index (χ1) is 9.35. The number of rotatable bonds is 3. The second kappa shape index (κ2) is 5.45. The highest BCUT2D eigenvalue weighted by molar-refractivity contribution is 7.71. The van der Waals surface area contributed by atoms with Gasteiger partial charge in [0.2, 0.25) is 4.77 Å². The lowest BCUT2D eigenvalue weighted by Crippen LogP contribution is -2.17. The third kappa shape index (κ3) is 3.67. The first-order valence-corrected chi connectivity index (χ1v) is 5.80. The third-order valence-corrected chi connectivity index (χ3v) is 2.51. The van der Waals surface area contributed by atoms with Crippen LogP contribution < -0.4 is 4.74 Å². The summed E-state index contributed by atoms with van der Waals surface area (Å²) < 4.78 is 41.5. The van der Waals surface area contributed by atoms with Gasteiger partial charge < -0.3 is 4.74 Å². The van der Waals surface area contributed by atoms with E-state index in [-0.39, 0.29) is 5.75 Å². The van der Waals surface area contributed by atoms with Crippen molar-refractivity contribution in [3.05, 3.63) is 40.4 Å². The van der Waals surface area contributed by atoms with E-state index in [9.17, 15) is 13.2 Å².